The Morgan fingerprint density at radius 3 is 2.48 bits per heavy atom. The number of amides is 1. The minimum atomic E-state index is -0.806. The van der Waals surface area contributed by atoms with Gasteiger partial charge in [0.15, 0.2) is 0 Å². The molecule has 0 spiro atoms. The van der Waals surface area contributed by atoms with Crippen LogP contribution in [0.3, 0.4) is 0 Å². The predicted molar refractivity (Wildman–Crippen MR) is 79.3 cm³/mol. The standard InChI is InChI=1S/C15H25N3O3/c1-7-21-14(20)12(15(2,3)4)13(19)17(5)9-11-8-16-18(6)10-11/h8,10,12H,7,9H2,1-6H3. The highest BCUT2D eigenvalue weighted by atomic mass is 16.5. The third kappa shape index (κ3) is 4.58. The molecule has 0 N–H and O–H groups in total. The van der Waals surface area contributed by atoms with Gasteiger partial charge in [0.1, 0.15) is 5.92 Å². The lowest BCUT2D eigenvalue weighted by Crippen LogP contribution is -2.44. The zero-order valence-electron chi connectivity index (χ0n) is 13.7. The summed E-state index contributed by atoms with van der Waals surface area (Å²) in [5, 5.41) is 4.07. The fourth-order valence-electron chi connectivity index (χ4n) is 2.18. The maximum absolute atomic E-state index is 12.6. The van der Waals surface area contributed by atoms with Gasteiger partial charge in [0.25, 0.3) is 0 Å². The van der Waals surface area contributed by atoms with E-state index in [9.17, 15) is 9.59 Å². The first-order valence-electron chi connectivity index (χ1n) is 7.06. The minimum Gasteiger partial charge on any atom is -0.465 e. The van der Waals surface area contributed by atoms with Gasteiger partial charge in [-0.2, -0.15) is 5.10 Å². The van der Waals surface area contributed by atoms with Crippen molar-refractivity contribution in [3.05, 3.63) is 18.0 Å². The number of rotatable bonds is 5. The molecule has 0 radical (unpaired) electrons. The Labute approximate surface area is 126 Å². The van der Waals surface area contributed by atoms with Crippen LogP contribution in [0.15, 0.2) is 12.4 Å². The van der Waals surface area contributed by atoms with Crippen molar-refractivity contribution in [1.29, 1.82) is 0 Å². The Balaban J connectivity index is 2.86. The molecular formula is C15H25N3O3. The first-order chi connectivity index (χ1) is 9.66. The molecule has 1 unspecified atom stereocenters. The van der Waals surface area contributed by atoms with Gasteiger partial charge in [-0.15, -0.1) is 0 Å². The molecule has 6 nitrogen and oxygen atoms in total. The second kappa shape index (κ2) is 6.74. The van der Waals surface area contributed by atoms with Crippen molar-refractivity contribution in [3.63, 3.8) is 0 Å². The number of nitrogens with zero attached hydrogens (tertiary/aromatic N) is 3. The monoisotopic (exact) mass is 295 g/mol. The van der Waals surface area contributed by atoms with Gasteiger partial charge in [-0.3, -0.25) is 14.3 Å². The normalized spacial score (nSPS) is 12.9. The summed E-state index contributed by atoms with van der Waals surface area (Å²) in [5.41, 5.74) is 0.428. The van der Waals surface area contributed by atoms with Crippen molar-refractivity contribution in [1.82, 2.24) is 14.7 Å². The average Bonchev–Trinajstić information content (AvgIpc) is 2.73. The van der Waals surface area contributed by atoms with E-state index >= 15 is 0 Å². The Morgan fingerprint density at radius 1 is 1.43 bits per heavy atom. The van der Waals surface area contributed by atoms with E-state index in [0.717, 1.165) is 5.56 Å². The smallest absolute Gasteiger partial charge is 0.319 e. The second-order valence-electron chi connectivity index (χ2n) is 6.27. The molecule has 1 atom stereocenters. The average molecular weight is 295 g/mol. The van der Waals surface area contributed by atoms with Crippen LogP contribution in [0, 0.1) is 11.3 Å². The molecule has 0 aliphatic carbocycles. The number of carbonyl (C=O) groups is 2. The van der Waals surface area contributed by atoms with Crippen molar-refractivity contribution >= 4 is 11.9 Å². The number of hydrogen-bond acceptors (Lipinski definition) is 4. The molecule has 0 aliphatic rings. The summed E-state index contributed by atoms with van der Waals surface area (Å²) in [7, 11) is 3.51. The van der Waals surface area contributed by atoms with Gasteiger partial charge in [0.05, 0.1) is 12.8 Å². The molecule has 6 heteroatoms. The van der Waals surface area contributed by atoms with Crippen LogP contribution >= 0.6 is 0 Å². The molecule has 0 fully saturated rings. The summed E-state index contributed by atoms with van der Waals surface area (Å²) in [6.07, 6.45) is 3.56. The van der Waals surface area contributed by atoms with Crippen molar-refractivity contribution < 1.29 is 14.3 Å². The lowest BCUT2D eigenvalue weighted by molar-refractivity contribution is -0.160. The van der Waals surface area contributed by atoms with Gasteiger partial charge < -0.3 is 9.64 Å². The summed E-state index contributed by atoms with van der Waals surface area (Å²) in [6.45, 7) is 8.02. The van der Waals surface area contributed by atoms with Gasteiger partial charge >= 0.3 is 5.97 Å². The zero-order valence-corrected chi connectivity index (χ0v) is 13.7. The van der Waals surface area contributed by atoms with Crippen LogP contribution in [-0.4, -0.2) is 40.2 Å². The van der Waals surface area contributed by atoms with Crippen LogP contribution in [0.1, 0.15) is 33.3 Å². The molecule has 118 valence electrons. The van der Waals surface area contributed by atoms with E-state index in [1.165, 1.54) is 0 Å². The molecule has 1 rings (SSSR count). The largest absolute Gasteiger partial charge is 0.465 e. The number of carbonyl (C=O) groups excluding carboxylic acids is 2. The SMILES string of the molecule is CCOC(=O)C(C(=O)N(C)Cc1cnn(C)c1)C(C)(C)C. The molecule has 0 saturated heterocycles. The molecule has 1 amide bonds. The molecule has 0 saturated carbocycles. The van der Waals surface area contributed by atoms with Crippen LogP contribution in [0.25, 0.3) is 0 Å². The third-order valence-electron chi connectivity index (χ3n) is 3.19. The van der Waals surface area contributed by atoms with E-state index < -0.39 is 17.3 Å². The number of ether oxygens (including phenoxy) is 1. The highest BCUT2D eigenvalue weighted by Crippen LogP contribution is 2.29. The van der Waals surface area contributed by atoms with E-state index in [2.05, 4.69) is 5.10 Å². The van der Waals surface area contributed by atoms with E-state index in [0.29, 0.717) is 6.54 Å². The van der Waals surface area contributed by atoms with Gasteiger partial charge in [-0.25, -0.2) is 0 Å². The number of aromatic nitrogens is 2. The third-order valence-corrected chi connectivity index (χ3v) is 3.19. The van der Waals surface area contributed by atoms with E-state index in [-0.39, 0.29) is 12.5 Å². The van der Waals surface area contributed by atoms with Crippen LogP contribution in [-0.2, 0) is 27.9 Å². The molecule has 0 aromatic carbocycles. The van der Waals surface area contributed by atoms with Gasteiger partial charge in [-0.05, 0) is 12.3 Å². The van der Waals surface area contributed by atoms with Crippen LogP contribution in [0.2, 0.25) is 0 Å². The second-order valence-corrected chi connectivity index (χ2v) is 6.27. The summed E-state index contributed by atoms with van der Waals surface area (Å²) in [4.78, 5) is 26.3. The Hall–Kier alpha value is -1.85. The molecular weight excluding hydrogens is 270 g/mol. The summed E-state index contributed by atoms with van der Waals surface area (Å²) >= 11 is 0. The highest BCUT2D eigenvalue weighted by Gasteiger charge is 2.40. The van der Waals surface area contributed by atoms with E-state index in [4.69, 9.17) is 4.74 Å². The van der Waals surface area contributed by atoms with Crippen molar-refractivity contribution in [3.8, 4) is 0 Å². The highest BCUT2D eigenvalue weighted by molar-refractivity contribution is 5.98. The van der Waals surface area contributed by atoms with E-state index in [1.807, 2.05) is 34.0 Å². The molecule has 1 heterocycles. The van der Waals surface area contributed by atoms with Gasteiger partial charge in [0.2, 0.25) is 5.91 Å². The van der Waals surface area contributed by atoms with E-state index in [1.54, 1.807) is 29.7 Å². The molecule has 1 aromatic rings. The van der Waals surface area contributed by atoms with Gasteiger partial charge in [0, 0.05) is 32.4 Å². The molecule has 21 heavy (non-hydrogen) atoms. The Morgan fingerprint density at radius 2 is 2.05 bits per heavy atom. The van der Waals surface area contributed by atoms with Crippen molar-refractivity contribution in [2.24, 2.45) is 18.4 Å². The fourth-order valence-corrected chi connectivity index (χ4v) is 2.18. The Bertz CT molecular complexity index is 503. The fraction of sp³-hybridized carbons (Fsp3) is 0.667. The molecule has 1 aromatic heterocycles. The zero-order chi connectivity index (χ0) is 16.2. The van der Waals surface area contributed by atoms with Crippen LogP contribution in [0.4, 0.5) is 0 Å². The Kier molecular flexibility index (Phi) is 5.52. The number of aryl methyl sites for hydroxylation is 1. The minimum absolute atomic E-state index is 0.232. The summed E-state index contributed by atoms with van der Waals surface area (Å²) in [6, 6.07) is 0. The lowest BCUT2D eigenvalue weighted by atomic mass is 9.79. The predicted octanol–water partition coefficient (Wildman–Crippen LogP) is 1.60. The quantitative estimate of drug-likeness (QED) is 0.611. The van der Waals surface area contributed by atoms with Crippen molar-refractivity contribution in [2.75, 3.05) is 13.7 Å². The summed E-state index contributed by atoms with van der Waals surface area (Å²) in [5.74, 6) is -1.50. The first-order valence-corrected chi connectivity index (χ1v) is 7.06. The van der Waals surface area contributed by atoms with Gasteiger partial charge in [-0.1, -0.05) is 20.8 Å². The maximum atomic E-state index is 12.6. The molecule has 0 aliphatic heterocycles. The summed E-state index contributed by atoms with van der Waals surface area (Å²) < 4.78 is 6.73. The van der Waals surface area contributed by atoms with Crippen molar-refractivity contribution in [2.45, 2.75) is 34.2 Å². The topological polar surface area (TPSA) is 64.4 Å². The number of esters is 1. The first kappa shape index (κ1) is 17.2. The lowest BCUT2D eigenvalue weighted by Gasteiger charge is -2.31. The molecule has 0 bridgehead atoms. The van der Waals surface area contributed by atoms with Crippen LogP contribution < -0.4 is 0 Å². The van der Waals surface area contributed by atoms with Crippen LogP contribution in [0.5, 0.6) is 0 Å². The maximum Gasteiger partial charge on any atom is 0.319 e. The number of hydrogen-bond donors (Lipinski definition) is 0.